The second-order valence-electron chi connectivity index (χ2n) is 9.20. The molecule has 0 radical (unpaired) electrons. The quantitative estimate of drug-likeness (QED) is 0.161. The molecule has 7 rings (SSSR count). The molecule has 0 atom stereocenters. The normalized spacial score (nSPS) is 11.6. The van der Waals surface area contributed by atoms with Crippen molar-refractivity contribution in [2.24, 2.45) is 0 Å². The summed E-state index contributed by atoms with van der Waals surface area (Å²) in [6.45, 7) is 0. The first-order valence-electron chi connectivity index (χ1n) is 12.1. The largest absolute Gasteiger partial charge is 0.497 e. The molecular formula is C33H24N2O. The van der Waals surface area contributed by atoms with Gasteiger partial charge in [0.15, 0.2) is 0 Å². The molecule has 7 aromatic rings. The van der Waals surface area contributed by atoms with E-state index in [9.17, 15) is 0 Å². The minimum absolute atomic E-state index is 0.745. The number of benzene rings is 7. The topological polar surface area (TPSA) is 38.5 Å². The lowest BCUT2D eigenvalue weighted by molar-refractivity contribution is 0.415. The molecule has 0 saturated heterocycles. The van der Waals surface area contributed by atoms with E-state index in [1.54, 1.807) is 7.11 Å². The van der Waals surface area contributed by atoms with Gasteiger partial charge in [0, 0.05) is 22.4 Å². The summed E-state index contributed by atoms with van der Waals surface area (Å²) < 4.78 is 5.45. The summed E-state index contributed by atoms with van der Waals surface area (Å²) in [7, 11) is 1.69. The van der Waals surface area contributed by atoms with Crippen LogP contribution in [0, 0.1) is 0 Å². The molecule has 0 aromatic heterocycles. The number of fused-ring (bicyclic) bond motifs is 2. The van der Waals surface area contributed by atoms with Crippen molar-refractivity contribution < 1.29 is 4.74 Å². The third kappa shape index (κ3) is 2.99. The molecule has 0 amide bonds. The molecule has 0 aliphatic rings. The number of anilines is 4. The molecule has 2 N–H and O–H groups in total. The minimum Gasteiger partial charge on any atom is -0.497 e. The number of hydrogen-bond acceptors (Lipinski definition) is 3. The van der Waals surface area contributed by atoms with E-state index < -0.39 is 0 Å². The van der Waals surface area contributed by atoms with Crippen LogP contribution < -0.4 is 15.4 Å². The predicted octanol–water partition coefficient (Wildman–Crippen LogP) is 8.80. The van der Waals surface area contributed by atoms with Crippen LogP contribution in [0.15, 0.2) is 115 Å². The van der Waals surface area contributed by atoms with E-state index in [2.05, 4.69) is 95.9 Å². The number of hydrogen-bond donors (Lipinski definition) is 1. The lowest BCUT2D eigenvalue weighted by atomic mass is 9.88. The number of nitrogen functional groups attached to an aromatic ring is 1. The van der Waals surface area contributed by atoms with Gasteiger partial charge in [-0.1, -0.05) is 60.7 Å². The van der Waals surface area contributed by atoms with Crippen LogP contribution in [0.1, 0.15) is 0 Å². The van der Waals surface area contributed by atoms with Crippen molar-refractivity contribution in [3.63, 3.8) is 0 Å². The summed E-state index contributed by atoms with van der Waals surface area (Å²) in [5, 5.41) is 10.2. The predicted molar refractivity (Wildman–Crippen MR) is 153 cm³/mol. The number of nitrogens with zero attached hydrogens (tertiary/aromatic N) is 1. The van der Waals surface area contributed by atoms with Gasteiger partial charge in [0.25, 0.3) is 0 Å². The molecule has 3 nitrogen and oxygen atoms in total. The fourth-order valence-corrected chi connectivity index (χ4v) is 5.61. The molecule has 172 valence electrons. The fourth-order valence-electron chi connectivity index (χ4n) is 5.61. The van der Waals surface area contributed by atoms with Crippen LogP contribution in [0.4, 0.5) is 22.7 Å². The average molecular weight is 465 g/mol. The summed E-state index contributed by atoms with van der Waals surface area (Å²) in [5.41, 5.74) is 10.1. The SMILES string of the molecule is COc1ccc(N(c2ccc(N)cc2)c2ccc3cccc4c5cccc6cccc(c2c34)c65)cc1. The van der Waals surface area contributed by atoms with E-state index >= 15 is 0 Å². The molecule has 3 heteroatoms. The standard InChI is InChI=1S/C33H24N2O/c1-36-26-18-16-25(17-19-26)35(24-14-12-23(34)13-15-24)30-20-11-22-7-3-9-28-27-8-2-5-21-6-4-10-29(31(21)27)33(30)32(22)28/h2-20H,34H2,1H3. The molecule has 0 heterocycles. The average Bonchev–Trinajstić information content (AvgIpc) is 2.93. The minimum atomic E-state index is 0.745. The van der Waals surface area contributed by atoms with Crippen LogP contribution in [0.5, 0.6) is 5.75 Å². The monoisotopic (exact) mass is 464 g/mol. The number of methoxy groups -OCH3 is 1. The maximum atomic E-state index is 6.07. The van der Waals surface area contributed by atoms with Crippen LogP contribution >= 0.6 is 0 Å². The smallest absolute Gasteiger partial charge is 0.119 e. The van der Waals surface area contributed by atoms with Crippen molar-refractivity contribution in [1.29, 1.82) is 0 Å². The van der Waals surface area contributed by atoms with Crippen molar-refractivity contribution in [2.45, 2.75) is 0 Å². The van der Waals surface area contributed by atoms with Crippen LogP contribution in [-0.4, -0.2) is 7.11 Å². The second kappa shape index (κ2) is 7.89. The van der Waals surface area contributed by atoms with Crippen LogP contribution in [0.3, 0.4) is 0 Å². The van der Waals surface area contributed by atoms with Gasteiger partial charge in [-0.25, -0.2) is 0 Å². The zero-order valence-corrected chi connectivity index (χ0v) is 19.9. The molecule has 0 bridgehead atoms. The van der Waals surface area contributed by atoms with Gasteiger partial charge in [-0.2, -0.15) is 0 Å². The Morgan fingerprint density at radius 2 is 1.08 bits per heavy atom. The summed E-state index contributed by atoms with van der Waals surface area (Å²) >= 11 is 0. The second-order valence-corrected chi connectivity index (χ2v) is 9.20. The highest BCUT2D eigenvalue weighted by molar-refractivity contribution is 6.35. The highest BCUT2D eigenvalue weighted by Gasteiger charge is 2.20. The maximum absolute atomic E-state index is 6.07. The fraction of sp³-hybridized carbons (Fsp3) is 0.0303. The van der Waals surface area contributed by atoms with Gasteiger partial charge < -0.3 is 15.4 Å². The van der Waals surface area contributed by atoms with E-state index in [0.29, 0.717) is 0 Å². The maximum Gasteiger partial charge on any atom is 0.119 e. The van der Waals surface area contributed by atoms with Crippen molar-refractivity contribution in [3.05, 3.63) is 115 Å². The molecule has 0 spiro atoms. The van der Waals surface area contributed by atoms with Crippen LogP contribution in [0.2, 0.25) is 0 Å². The van der Waals surface area contributed by atoms with Crippen molar-refractivity contribution in [3.8, 4) is 5.75 Å². The summed E-state index contributed by atoms with van der Waals surface area (Å²) in [6.07, 6.45) is 0. The van der Waals surface area contributed by atoms with Gasteiger partial charge in [0.05, 0.1) is 12.8 Å². The van der Waals surface area contributed by atoms with E-state index in [1.165, 1.54) is 43.1 Å². The Balaban J connectivity index is 1.65. The van der Waals surface area contributed by atoms with Crippen LogP contribution in [0.25, 0.3) is 43.1 Å². The van der Waals surface area contributed by atoms with Gasteiger partial charge in [-0.15, -0.1) is 0 Å². The molecule has 0 aliphatic carbocycles. The first kappa shape index (κ1) is 20.6. The van der Waals surface area contributed by atoms with Gasteiger partial charge in [-0.3, -0.25) is 0 Å². The van der Waals surface area contributed by atoms with Gasteiger partial charge >= 0.3 is 0 Å². The third-order valence-electron chi connectivity index (χ3n) is 7.21. The lowest BCUT2D eigenvalue weighted by Gasteiger charge is -2.28. The Morgan fingerprint density at radius 1 is 0.528 bits per heavy atom. The number of ether oxygens (including phenoxy) is 1. The molecule has 7 aromatic carbocycles. The van der Waals surface area contributed by atoms with Gasteiger partial charge in [-0.05, 0) is 92.3 Å². The Labute approximate surface area is 209 Å². The first-order chi connectivity index (χ1) is 17.7. The highest BCUT2D eigenvalue weighted by Crippen LogP contribution is 2.47. The lowest BCUT2D eigenvalue weighted by Crippen LogP contribution is -2.11. The molecule has 0 unspecified atom stereocenters. The third-order valence-corrected chi connectivity index (χ3v) is 7.21. The highest BCUT2D eigenvalue weighted by atomic mass is 16.5. The van der Waals surface area contributed by atoms with Crippen molar-refractivity contribution in [2.75, 3.05) is 17.7 Å². The Bertz CT molecular complexity index is 1870. The van der Waals surface area contributed by atoms with Gasteiger partial charge in [0.1, 0.15) is 5.75 Å². The van der Waals surface area contributed by atoms with Crippen LogP contribution in [-0.2, 0) is 0 Å². The van der Waals surface area contributed by atoms with E-state index in [0.717, 1.165) is 28.5 Å². The van der Waals surface area contributed by atoms with E-state index in [1.807, 2.05) is 24.3 Å². The molecule has 0 aliphatic heterocycles. The Morgan fingerprint density at radius 3 is 1.72 bits per heavy atom. The zero-order chi connectivity index (χ0) is 24.2. The van der Waals surface area contributed by atoms with Crippen molar-refractivity contribution >= 4 is 65.8 Å². The summed E-state index contributed by atoms with van der Waals surface area (Å²) in [5.74, 6) is 0.830. The summed E-state index contributed by atoms with van der Waals surface area (Å²) in [6, 6.07) is 40.7. The molecule has 0 fully saturated rings. The van der Waals surface area contributed by atoms with Crippen molar-refractivity contribution in [1.82, 2.24) is 0 Å². The number of nitrogens with two attached hydrogens (primary N) is 1. The Hall–Kier alpha value is -4.76. The molecule has 36 heavy (non-hydrogen) atoms. The van der Waals surface area contributed by atoms with Gasteiger partial charge in [0.2, 0.25) is 0 Å². The number of rotatable bonds is 4. The molecular weight excluding hydrogens is 440 g/mol. The van der Waals surface area contributed by atoms with E-state index in [4.69, 9.17) is 10.5 Å². The zero-order valence-electron chi connectivity index (χ0n) is 19.9. The Kier molecular flexibility index (Phi) is 4.52. The van der Waals surface area contributed by atoms with E-state index in [-0.39, 0.29) is 0 Å². The first-order valence-corrected chi connectivity index (χ1v) is 12.1. The summed E-state index contributed by atoms with van der Waals surface area (Å²) in [4.78, 5) is 2.32. The molecule has 0 saturated carbocycles.